The molecular formula is C60H38N2O. The maximum atomic E-state index is 8.72. The van der Waals surface area contributed by atoms with Gasteiger partial charge in [-0.3, -0.25) is 0 Å². The molecule has 0 atom stereocenters. The van der Waals surface area contributed by atoms with Crippen molar-refractivity contribution in [2.45, 2.75) is 0 Å². The van der Waals surface area contributed by atoms with Crippen LogP contribution in [0.25, 0.3) is 121 Å². The number of fused-ring (bicyclic) bond motifs is 9. The van der Waals surface area contributed by atoms with Crippen LogP contribution < -0.4 is 0 Å². The van der Waals surface area contributed by atoms with Crippen molar-refractivity contribution in [2.75, 3.05) is 0 Å². The molecule has 294 valence electrons. The summed E-state index contributed by atoms with van der Waals surface area (Å²) in [5.74, 6) is 0. The highest BCUT2D eigenvalue weighted by atomic mass is 16.3. The molecule has 0 spiro atoms. The smallest absolute Gasteiger partial charge is 0.137 e. The molecule has 0 N–H and O–H groups in total. The molecule has 0 aliphatic heterocycles. The third kappa shape index (κ3) is 5.60. The van der Waals surface area contributed by atoms with Gasteiger partial charge in [0, 0.05) is 49.6 Å². The number of nitrogens with zero attached hydrogens (tertiary/aromatic N) is 2. The predicted octanol–water partition coefficient (Wildman–Crippen LogP) is 16.4. The molecule has 13 aromatic rings. The van der Waals surface area contributed by atoms with Crippen molar-refractivity contribution in [3.63, 3.8) is 0 Å². The van der Waals surface area contributed by atoms with Crippen LogP contribution in [0.3, 0.4) is 0 Å². The van der Waals surface area contributed by atoms with Crippen LogP contribution >= 0.6 is 0 Å². The van der Waals surface area contributed by atoms with E-state index in [1.807, 2.05) is 18.2 Å². The molecule has 0 saturated heterocycles. The Morgan fingerprint density at radius 1 is 0.333 bits per heavy atom. The summed E-state index contributed by atoms with van der Waals surface area (Å²) < 4.78 is 53.4. The Bertz CT molecular complexity index is 4180. The van der Waals surface area contributed by atoms with Gasteiger partial charge in [0.25, 0.3) is 0 Å². The lowest BCUT2D eigenvalue weighted by Gasteiger charge is -2.16. The minimum Gasteiger partial charge on any atom is -0.456 e. The van der Waals surface area contributed by atoms with Crippen LogP contribution in [0.1, 0.15) is 6.85 Å². The van der Waals surface area contributed by atoms with E-state index in [-0.39, 0.29) is 29.7 Å². The van der Waals surface area contributed by atoms with E-state index in [1.165, 1.54) is 21.9 Å². The molecule has 3 heterocycles. The van der Waals surface area contributed by atoms with Crippen molar-refractivity contribution in [1.29, 1.82) is 0 Å². The maximum Gasteiger partial charge on any atom is 0.137 e. The fourth-order valence-electron chi connectivity index (χ4n) is 9.78. The maximum absolute atomic E-state index is 8.72. The highest BCUT2D eigenvalue weighted by molar-refractivity contribution is 6.15. The van der Waals surface area contributed by atoms with Crippen molar-refractivity contribution < 1.29 is 11.3 Å². The number of rotatable bonds is 6. The summed E-state index contributed by atoms with van der Waals surface area (Å²) >= 11 is 0. The Kier molecular flexibility index (Phi) is 6.84. The number of furan rings is 1. The normalized spacial score (nSPS) is 12.9. The number of benzene rings is 10. The van der Waals surface area contributed by atoms with Crippen LogP contribution in [0.15, 0.2) is 235 Å². The molecule has 0 unspecified atom stereocenters. The topological polar surface area (TPSA) is 23.0 Å². The second-order valence-corrected chi connectivity index (χ2v) is 16.1. The molecule has 3 heteroatoms. The van der Waals surface area contributed by atoms with Gasteiger partial charge >= 0.3 is 0 Å². The second-order valence-electron chi connectivity index (χ2n) is 16.1. The molecule has 13 rings (SSSR count). The Hall–Kier alpha value is -8.40. The first-order chi connectivity index (χ1) is 33.3. The Morgan fingerprint density at radius 2 is 0.921 bits per heavy atom. The molecule has 3 nitrogen and oxygen atoms in total. The van der Waals surface area contributed by atoms with Crippen LogP contribution in [0.5, 0.6) is 0 Å². The molecule has 0 amide bonds. The quantitative estimate of drug-likeness (QED) is 0.164. The van der Waals surface area contributed by atoms with E-state index in [0.717, 1.165) is 71.9 Å². The van der Waals surface area contributed by atoms with Gasteiger partial charge < -0.3 is 13.6 Å². The molecule has 10 aromatic carbocycles. The zero-order chi connectivity index (χ0) is 45.8. The average molecular weight is 808 g/mol. The summed E-state index contributed by atoms with van der Waals surface area (Å²) in [5, 5.41) is 6.13. The lowest BCUT2D eigenvalue weighted by molar-refractivity contribution is 0.668. The number of hydrogen-bond donors (Lipinski definition) is 0. The fraction of sp³-hybridized carbons (Fsp3) is 0. The third-order valence-electron chi connectivity index (χ3n) is 12.6. The van der Waals surface area contributed by atoms with Crippen LogP contribution in [-0.4, -0.2) is 9.13 Å². The summed E-state index contributed by atoms with van der Waals surface area (Å²) in [6, 6.07) is 68.7. The fourth-order valence-corrected chi connectivity index (χ4v) is 9.78. The van der Waals surface area contributed by atoms with Gasteiger partial charge in [-0.1, -0.05) is 158 Å². The van der Waals surface area contributed by atoms with Gasteiger partial charge in [0.15, 0.2) is 0 Å². The van der Waals surface area contributed by atoms with Gasteiger partial charge in [0.05, 0.1) is 34.6 Å². The van der Waals surface area contributed by atoms with E-state index in [1.54, 1.807) is 12.1 Å². The van der Waals surface area contributed by atoms with Crippen molar-refractivity contribution >= 4 is 65.6 Å². The van der Waals surface area contributed by atoms with E-state index in [9.17, 15) is 0 Å². The Labute approximate surface area is 371 Å². The van der Waals surface area contributed by atoms with Gasteiger partial charge in [0.1, 0.15) is 11.2 Å². The molecule has 0 bridgehead atoms. The summed E-state index contributed by atoms with van der Waals surface area (Å²) in [6.45, 7) is 0. The van der Waals surface area contributed by atoms with Gasteiger partial charge in [-0.25, -0.2) is 0 Å². The third-order valence-corrected chi connectivity index (χ3v) is 12.6. The van der Waals surface area contributed by atoms with Gasteiger partial charge in [-0.05, 0) is 106 Å². The molecule has 63 heavy (non-hydrogen) atoms. The summed E-state index contributed by atoms with van der Waals surface area (Å²) in [7, 11) is 0. The van der Waals surface area contributed by atoms with Crippen molar-refractivity contribution in [3.05, 3.63) is 230 Å². The first kappa shape index (κ1) is 30.6. The van der Waals surface area contributed by atoms with Crippen molar-refractivity contribution in [1.82, 2.24) is 9.13 Å². The predicted molar refractivity (Wildman–Crippen MR) is 264 cm³/mol. The Morgan fingerprint density at radius 3 is 1.63 bits per heavy atom. The van der Waals surface area contributed by atoms with E-state index >= 15 is 0 Å². The van der Waals surface area contributed by atoms with Gasteiger partial charge in [-0.15, -0.1) is 0 Å². The lowest BCUT2D eigenvalue weighted by Crippen LogP contribution is -1.98. The molecular weight excluding hydrogens is 765 g/mol. The molecule has 0 saturated carbocycles. The van der Waals surface area contributed by atoms with Crippen LogP contribution in [0.2, 0.25) is 0 Å². The SMILES string of the molecule is [2H]c1c([2H])c([2H])c(-c2cccc3oc4cc(-n5c6ccccc6c6cc(-c7ccc8c(c7)c7ccccc7n8-c7ccc(-c8ccccc8)cc7-c7ccccc7)ccc65)ccc4c23)c([2H])c1[2H]. The summed E-state index contributed by atoms with van der Waals surface area (Å²) in [6.07, 6.45) is 0. The number of aromatic nitrogens is 2. The average Bonchev–Trinajstić information content (AvgIpc) is 4.05. The molecule has 3 aromatic heterocycles. The highest BCUT2D eigenvalue weighted by Gasteiger charge is 2.20. The standard InChI is InChI=1S/C60H38N2O/c1-4-15-39(16-5-1)42-27-32-55(50(35-42)41-19-8-3-9-20-41)62-54-25-13-11-22-48(54)52-37-44(29-34-57(52)62)43-28-33-56-51(36-43)47-21-10-12-24-53(47)61(56)45-30-31-49-59(38-45)63-58-26-14-23-46(60(49)58)40-17-6-2-7-18-40/h1-38H/i2D,6D,7D,17D,18D. The minimum atomic E-state index is -0.417. The lowest BCUT2D eigenvalue weighted by atomic mass is 9.97. The first-order valence-electron chi connectivity index (χ1n) is 23.7. The number of para-hydroxylation sites is 2. The van der Waals surface area contributed by atoms with Crippen LogP contribution in [0, 0.1) is 0 Å². The minimum absolute atomic E-state index is 0.155. The van der Waals surface area contributed by atoms with E-state index in [4.69, 9.17) is 11.3 Å². The molecule has 0 aliphatic rings. The van der Waals surface area contributed by atoms with Crippen molar-refractivity contribution in [2.24, 2.45) is 0 Å². The highest BCUT2D eigenvalue weighted by Crippen LogP contribution is 2.42. The summed E-state index contributed by atoms with van der Waals surface area (Å²) in [4.78, 5) is 0. The van der Waals surface area contributed by atoms with Gasteiger partial charge in [0.2, 0.25) is 0 Å². The number of hydrogen-bond acceptors (Lipinski definition) is 1. The largest absolute Gasteiger partial charge is 0.456 e. The Balaban J connectivity index is 0.943. The monoisotopic (exact) mass is 807 g/mol. The zero-order valence-electron chi connectivity index (χ0n) is 38.9. The van der Waals surface area contributed by atoms with E-state index in [0.29, 0.717) is 22.1 Å². The van der Waals surface area contributed by atoms with E-state index < -0.39 is 6.04 Å². The van der Waals surface area contributed by atoms with E-state index in [2.05, 4.69) is 179 Å². The molecule has 0 fully saturated rings. The molecule has 0 radical (unpaired) electrons. The second kappa shape index (κ2) is 14.1. The molecule has 0 aliphatic carbocycles. The van der Waals surface area contributed by atoms with Gasteiger partial charge in [-0.2, -0.15) is 0 Å². The van der Waals surface area contributed by atoms with Crippen LogP contribution in [-0.2, 0) is 0 Å². The first-order valence-corrected chi connectivity index (χ1v) is 21.2. The zero-order valence-corrected chi connectivity index (χ0v) is 33.9. The van der Waals surface area contributed by atoms with Crippen molar-refractivity contribution in [3.8, 4) is 55.9 Å². The van der Waals surface area contributed by atoms with Crippen LogP contribution in [0.4, 0.5) is 0 Å². The summed E-state index contributed by atoms with van der Waals surface area (Å²) in [5.41, 5.74) is 15.3.